The van der Waals surface area contributed by atoms with Crippen LogP contribution in [0.1, 0.15) is 27.7 Å². The number of hydrogen-bond acceptors (Lipinski definition) is 4. The Balaban J connectivity index is 1.88. The van der Waals surface area contributed by atoms with E-state index in [1.807, 2.05) is 6.07 Å². The van der Waals surface area contributed by atoms with Crippen LogP contribution >= 0.6 is 11.6 Å². The van der Waals surface area contributed by atoms with Gasteiger partial charge in [-0.2, -0.15) is 0 Å². The van der Waals surface area contributed by atoms with Crippen LogP contribution in [0.15, 0.2) is 41.4 Å². The van der Waals surface area contributed by atoms with E-state index in [0.717, 1.165) is 18.1 Å². The van der Waals surface area contributed by atoms with Crippen molar-refractivity contribution in [1.82, 2.24) is 4.98 Å². The fourth-order valence-corrected chi connectivity index (χ4v) is 5.07. The Morgan fingerprint density at radius 3 is 2.21 bits per heavy atom. The highest BCUT2D eigenvalue weighted by molar-refractivity contribution is 7.92. The predicted molar refractivity (Wildman–Crippen MR) is 116 cm³/mol. The smallest absolute Gasteiger partial charge is 0.261 e. The largest absolute Gasteiger partial charge is 0.497 e. The van der Waals surface area contributed by atoms with Crippen LogP contribution in [0.3, 0.4) is 0 Å². The number of sulfonamides is 1. The highest BCUT2D eigenvalue weighted by Crippen LogP contribution is 2.52. The summed E-state index contributed by atoms with van der Waals surface area (Å²) in [5.74, 6) is 0.590. The summed E-state index contributed by atoms with van der Waals surface area (Å²) in [7, 11) is -2.24. The lowest BCUT2D eigenvalue weighted by atomic mass is 9.42. The molecule has 2 heterocycles. The first-order valence-corrected chi connectivity index (χ1v) is 11.1. The van der Waals surface area contributed by atoms with Crippen molar-refractivity contribution in [3.05, 3.63) is 41.7 Å². The van der Waals surface area contributed by atoms with E-state index in [2.05, 4.69) is 37.4 Å². The van der Waals surface area contributed by atoms with Gasteiger partial charge < -0.3 is 4.74 Å². The van der Waals surface area contributed by atoms with Gasteiger partial charge >= 0.3 is 0 Å². The zero-order chi connectivity index (χ0) is 20.7. The number of hydrogen-bond donors (Lipinski definition) is 1. The molecule has 0 atom stereocenters. The molecule has 0 bridgehead atoms. The second kappa shape index (κ2) is 7.27. The number of benzene rings is 1. The van der Waals surface area contributed by atoms with E-state index in [4.69, 9.17) is 16.3 Å². The average molecular weight is 421 g/mol. The van der Waals surface area contributed by atoms with E-state index in [1.54, 1.807) is 18.3 Å². The molecule has 3 rings (SSSR count). The molecule has 0 saturated carbocycles. The van der Waals surface area contributed by atoms with Crippen molar-refractivity contribution in [2.24, 2.45) is 10.8 Å². The fourth-order valence-electron chi connectivity index (χ4n) is 3.81. The van der Waals surface area contributed by atoms with E-state index in [9.17, 15) is 8.42 Å². The summed E-state index contributed by atoms with van der Waals surface area (Å²) in [6.07, 6.45) is 3.80. The quantitative estimate of drug-likeness (QED) is 0.578. The van der Waals surface area contributed by atoms with Crippen molar-refractivity contribution in [1.29, 1.82) is 0 Å². The highest BCUT2D eigenvalue weighted by Gasteiger charge is 2.48. The maximum Gasteiger partial charge on any atom is 0.261 e. The van der Waals surface area contributed by atoms with Crippen molar-refractivity contribution < 1.29 is 13.2 Å². The van der Waals surface area contributed by atoms with Gasteiger partial charge in [0, 0.05) is 6.20 Å². The molecule has 0 spiro atoms. The number of rotatable bonds is 5. The van der Waals surface area contributed by atoms with Gasteiger partial charge in [-0.05, 0) is 41.2 Å². The number of ether oxygens (including phenoxy) is 1. The molecule has 0 radical (unpaired) electrons. The minimum absolute atomic E-state index is 0.136. The Bertz CT molecular complexity index is 959. The molecule has 1 aliphatic rings. The highest BCUT2D eigenvalue weighted by atomic mass is 35.5. The summed E-state index contributed by atoms with van der Waals surface area (Å²) in [4.78, 5) is 4.38. The van der Waals surface area contributed by atoms with Gasteiger partial charge in [0.05, 0.1) is 17.7 Å². The van der Waals surface area contributed by atoms with Crippen molar-refractivity contribution in [3.8, 4) is 5.75 Å². The molecule has 1 fully saturated rings. The maximum atomic E-state index is 12.8. The van der Waals surface area contributed by atoms with Crippen LogP contribution in [0.25, 0.3) is 0 Å². The zero-order valence-electron chi connectivity index (χ0n) is 16.9. The number of pyridine rings is 1. The molecule has 1 saturated heterocycles. The molecule has 0 aliphatic carbocycles. The molecule has 8 heteroatoms. The number of nitrogens with one attached hydrogen (secondary N) is 1. The summed E-state index contributed by atoms with van der Waals surface area (Å²) in [6, 6.07) is 8.02. The van der Waals surface area contributed by atoms with E-state index >= 15 is 0 Å². The third-order valence-electron chi connectivity index (χ3n) is 6.29. The van der Waals surface area contributed by atoms with Crippen LogP contribution in [0.4, 0.5) is 5.69 Å². The Morgan fingerprint density at radius 1 is 1.11 bits per heavy atom. The lowest BCUT2D eigenvalue weighted by Gasteiger charge is -2.35. The van der Waals surface area contributed by atoms with E-state index in [0.29, 0.717) is 18.1 Å². The predicted octanol–water partition coefficient (Wildman–Crippen LogP) is 4.31. The van der Waals surface area contributed by atoms with Gasteiger partial charge in [0.15, 0.2) is 11.9 Å². The van der Waals surface area contributed by atoms with Crippen LogP contribution in [0, 0.1) is 10.8 Å². The van der Waals surface area contributed by atoms with Gasteiger partial charge in [0.1, 0.15) is 5.75 Å². The number of halogens is 1. The molecular formula is C20H26BClN2O3S. The number of methoxy groups -OCH3 is 1. The average Bonchev–Trinajstić information content (AvgIpc) is 2.84. The molecule has 1 aliphatic heterocycles. The minimum atomic E-state index is -3.78. The molecule has 0 amide bonds. The van der Waals surface area contributed by atoms with Crippen LogP contribution in [0.5, 0.6) is 5.75 Å². The monoisotopic (exact) mass is 420 g/mol. The van der Waals surface area contributed by atoms with Crippen molar-refractivity contribution in [3.63, 3.8) is 0 Å². The Morgan fingerprint density at radius 2 is 1.68 bits per heavy atom. The fraction of sp³-hybridized carbons (Fsp3) is 0.450. The van der Waals surface area contributed by atoms with Gasteiger partial charge in [-0.1, -0.05) is 57.4 Å². The zero-order valence-corrected chi connectivity index (χ0v) is 18.5. The summed E-state index contributed by atoms with van der Waals surface area (Å²) in [5, 5.41) is 0.136. The molecule has 0 unspecified atom stereocenters. The number of nitrogens with zero attached hydrogens (tertiary/aromatic N) is 1. The molecule has 5 nitrogen and oxygen atoms in total. The van der Waals surface area contributed by atoms with E-state index in [-0.39, 0.29) is 20.9 Å². The Labute approximate surface area is 173 Å². The molecule has 1 aromatic carbocycles. The van der Waals surface area contributed by atoms with Crippen molar-refractivity contribution >= 4 is 39.5 Å². The normalized spacial score (nSPS) is 18.1. The molecule has 1 aromatic heterocycles. The summed E-state index contributed by atoms with van der Waals surface area (Å²) in [6.45, 7) is 9.44. The number of aromatic nitrogens is 1. The second-order valence-electron chi connectivity index (χ2n) is 8.76. The van der Waals surface area contributed by atoms with Gasteiger partial charge in [-0.25, -0.2) is 13.4 Å². The minimum Gasteiger partial charge on any atom is -0.497 e. The standard InChI is InChI=1S/C20H26BClN2O3S/c1-19(2)12-21(13-20(19,3)4)14-10-17(18(22)23-11-14)24-28(25,26)16-8-6-15(27-5)7-9-16/h6-11,24H,12-13H2,1-5H3. The van der Waals surface area contributed by atoms with Crippen LogP contribution in [-0.4, -0.2) is 27.2 Å². The van der Waals surface area contributed by atoms with Crippen molar-refractivity contribution in [2.75, 3.05) is 11.8 Å². The Hall–Kier alpha value is -1.73. The molecule has 2 aromatic rings. The Kier molecular flexibility index (Phi) is 5.45. The first kappa shape index (κ1) is 21.0. The van der Waals surface area contributed by atoms with Gasteiger partial charge in [0.2, 0.25) is 0 Å². The first-order valence-electron chi connectivity index (χ1n) is 9.27. The van der Waals surface area contributed by atoms with E-state index in [1.165, 1.54) is 19.2 Å². The van der Waals surface area contributed by atoms with Gasteiger partial charge in [-0.15, -0.1) is 0 Å². The molecule has 28 heavy (non-hydrogen) atoms. The molecule has 1 N–H and O–H groups in total. The first-order chi connectivity index (χ1) is 12.9. The van der Waals surface area contributed by atoms with Crippen LogP contribution < -0.4 is 14.9 Å². The molecular weight excluding hydrogens is 395 g/mol. The lowest BCUT2D eigenvalue weighted by molar-refractivity contribution is 0.177. The summed E-state index contributed by atoms with van der Waals surface area (Å²) >= 11 is 6.20. The molecule has 150 valence electrons. The second-order valence-corrected chi connectivity index (χ2v) is 10.8. The van der Waals surface area contributed by atoms with Crippen LogP contribution in [0.2, 0.25) is 17.8 Å². The number of anilines is 1. The maximum absolute atomic E-state index is 12.8. The summed E-state index contributed by atoms with van der Waals surface area (Å²) < 4.78 is 33.2. The van der Waals surface area contributed by atoms with Crippen molar-refractivity contribution in [2.45, 2.75) is 45.2 Å². The third kappa shape index (κ3) is 4.01. The van der Waals surface area contributed by atoms with Gasteiger partial charge in [-0.3, -0.25) is 4.72 Å². The lowest BCUT2D eigenvalue weighted by Crippen LogP contribution is -2.29. The van der Waals surface area contributed by atoms with Gasteiger partial charge in [0.25, 0.3) is 10.0 Å². The van der Waals surface area contributed by atoms with E-state index < -0.39 is 10.0 Å². The van der Waals surface area contributed by atoms with Crippen LogP contribution in [-0.2, 0) is 10.0 Å². The summed E-state index contributed by atoms with van der Waals surface area (Å²) in [5.41, 5.74) is 1.70. The third-order valence-corrected chi connectivity index (χ3v) is 7.97. The topological polar surface area (TPSA) is 68.3 Å². The SMILES string of the molecule is COc1ccc(S(=O)(=O)Nc2cc(B3CC(C)(C)C(C)(C)C3)cnc2Cl)cc1.